The third kappa shape index (κ3) is 3.56. The maximum Gasteiger partial charge on any atom is 0.374 e. The molecule has 0 aliphatic carbocycles. The highest BCUT2D eigenvalue weighted by atomic mass is 16.5. The van der Waals surface area contributed by atoms with Gasteiger partial charge >= 0.3 is 5.97 Å². The van der Waals surface area contributed by atoms with E-state index in [1.807, 2.05) is 25.9 Å². The minimum atomic E-state index is -1.25. The van der Waals surface area contributed by atoms with Crippen molar-refractivity contribution in [1.82, 2.24) is 15.4 Å². The van der Waals surface area contributed by atoms with Crippen molar-refractivity contribution < 1.29 is 19.2 Å². The number of hydrogen-bond acceptors (Lipinski definition) is 5. The maximum atomic E-state index is 11.6. The molecule has 1 heterocycles. The van der Waals surface area contributed by atoms with Gasteiger partial charge in [0.2, 0.25) is 5.76 Å². The molecular formula is C10H15N3O4. The Bertz CT molecular complexity index is 413. The van der Waals surface area contributed by atoms with Crippen LogP contribution in [0.15, 0.2) is 10.6 Å². The van der Waals surface area contributed by atoms with E-state index in [-0.39, 0.29) is 17.5 Å². The molecule has 0 aliphatic heterocycles. The molecule has 2 N–H and O–H groups in total. The molecule has 1 atom stereocenters. The van der Waals surface area contributed by atoms with E-state index in [2.05, 4.69) is 15.0 Å². The topological polar surface area (TPSA) is 95.7 Å². The number of nitrogens with zero attached hydrogens (tertiary/aromatic N) is 2. The fraction of sp³-hybridized carbons (Fsp3) is 0.500. The van der Waals surface area contributed by atoms with Crippen LogP contribution in [0.4, 0.5) is 0 Å². The smallest absolute Gasteiger partial charge is 0.374 e. The minimum absolute atomic E-state index is 0.0339. The van der Waals surface area contributed by atoms with E-state index in [0.29, 0.717) is 6.54 Å². The van der Waals surface area contributed by atoms with E-state index >= 15 is 0 Å². The summed E-state index contributed by atoms with van der Waals surface area (Å²) in [5.74, 6) is -2.05. The Kier molecular flexibility index (Phi) is 4.22. The summed E-state index contributed by atoms with van der Waals surface area (Å²) in [5.41, 5.74) is -0.0339. The molecule has 1 rings (SSSR count). The first-order chi connectivity index (χ1) is 7.91. The SMILES string of the molecule is CC(CNC(=O)c1cc(C(=O)O)on1)N(C)C. The van der Waals surface area contributed by atoms with Crippen LogP contribution in [0.2, 0.25) is 0 Å². The number of nitrogens with one attached hydrogen (secondary N) is 1. The van der Waals surface area contributed by atoms with Gasteiger partial charge in [-0.2, -0.15) is 0 Å². The van der Waals surface area contributed by atoms with Crippen LogP contribution in [0, 0.1) is 0 Å². The molecule has 0 bridgehead atoms. The molecule has 1 amide bonds. The number of carboxylic acids is 1. The van der Waals surface area contributed by atoms with Crippen LogP contribution in [0.5, 0.6) is 0 Å². The van der Waals surface area contributed by atoms with E-state index in [9.17, 15) is 9.59 Å². The lowest BCUT2D eigenvalue weighted by Gasteiger charge is -2.19. The van der Waals surface area contributed by atoms with Crippen molar-refractivity contribution in [2.75, 3.05) is 20.6 Å². The average molecular weight is 241 g/mol. The second-order valence-electron chi connectivity index (χ2n) is 3.90. The summed E-state index contributed by atoms with van der Waals surface area (Å²) in [4.78, 5) is 24.0. The fourth-order valence-corrected chi connectivity index (χ4v) is 0.997. The second kappa shape index (κ2) is 5.44. The molecule has 0 radical (unpaired) electrons. The van der Waals surface area contributed by atoms with Crippen molar-refractivity contribution in [1.29, 1.82) is 0 Å². The number of aromatic nitrogens is 1. The van der Waals surface area contributed by atoms with Crippen LogP contribution < -0.4 is 5.32 Å². The lowest BCUT2D eigenvalue weighted by Crippen LogP contribution is -2.38. The van der Waals surface area contributed by atoms with E-state index in [0.717, 1.165) is 6.07 Å². The van der Waals surface area contributed by atoms with Crippen LogP contribution in [0.3, 0.4) is 0 Å². The second-order valence-corrected chi connectivity index (χ2v) is 3.90. The van der Waals surface area contributed by atoms with Gasteiger partial charge in [0.05, 0.1) is 0 Å². The predicted molar refractivity (Wildman–Crippen MR) is 58.9 cm³/mol. The number of amides is 1. The van der Waals surface area contributed by atoms with Gasteiger partial charge in [-0.15, -0.1) is 0 Å². The van der Waals surface area contributed by atoms with Crippen LogP contribution in [0.25, 0.3) is 0 Å². The molecule has 17 heavy (non-hydrogen) atoms. The van der Waals surface area contributed by atoms with Gasteiger partial charge in [-0.1, -0.05) is 5.16 Å². The first-order valence-electron chi connectivity index (χ1n) is 5.06. The molecule has 7 nitrogen and oxygen atoms in total. The summed E-state index contributed by atoms with van der Waals surface area (Å²) in [6.45, 7) is 2.40. The number of aromatic carboxylic acids is 1. The lowest BCUT2D eigenvalue weighted by atomic mass is 10.3. The van der Waals surface area contributed by atoms with Gasteiger partial charge in [0.15, 0.2) is 5.69 Å². The molecule has 0 saturated carbocycles. The normalized spacial score (nSPS) is 12.5. The zero-order chi connectivity index (χ0) is 13.0. The Morgan fingerprint density at radius 2 is 2.24 bits per heavy atom. The number of carbonyl (C=O) groups is 2. The molecule has 0 aromatic carbocycles. The first-order valence-corrected chi connectivity index (χ1v) is 5.06. The Morgan fingerprint density at radius 3 is 2.71 bits per heavy atom. The number of rotatable bonds is 5. The van der Waals surface area contributed by atoms with Crippen LogP contribution in [0.1, 0.15) is 28.0 Å². The number of hydrogen-bond donors (Lipinski definition) is 2. The fourth-order valence-electron chi connectivity index (χ4n) is 0.997. The zero-order valence-corrected chi connectivity index (χ0v) is 9.93. The van der Waals surface area contributed by atoms with Crippen molar-refractivity contribution in [3.8, 4) is 0 Å². The highest BCUT2D eigenvalue weighted by molar-refractivity contribution is 5.94. The van der Waals surface area contributed by atoms with Gasteiger partial charge in [-0.05, 0) is 21.0 Å². The molecule has 0 aliphatic rings. The molecule has 1 aromatic rings. The van der Waals surface area contributed by atoms with E-state index in [1.165, 1.54) is 0 Å². The molecule has 0 fully saturated rings. The number of likely N-dealkylation sites (N-methyl/N-ethyl adjacent to an activating group) is 1. The third-order valence-electron chi connectivity index (χ3n) is 2.39. The monoisotopic (exact) mass is 241 g/mol. The van der Waals surface area contributed by atoms with Crippen molar-refractivity contribution in [3.63, 3.8) is 0 Å². The van der Waals surface area contributed by atoms with Crippen LogP contribution in [-0.2, 0) is 0 Å². The summed E-state index contributed by atoms with van der Waals surface area (Å²) >= 11 is 0. The van der Waals surface area contributed by atoms with E-state index < -0.39 is 11.9 Å². The highest BCUT2D eigenvalue weighted by Gasteiger charge is 2.17. The average Bonchev–Trinajstić information content (AvgIpc) is 2.74. The Hall–Kier alpha value is -1.89. The van der Waals surface area contributed by atoms with Gasteiger partial charge in [0.1, 0.15) is 0 Å². The Morgan fingerprint density at radius 1 is 1.59 bits per heavy atom. The van der Waals surface area contributed by atoms with Gasteiger partial charge in [-0.3, -0.25) is 4.79 Å². The van der Waals surface area contributed by atoms with E-state index in [4.69, 9.17) is 5.11 Å². The Balaban J connectivity index is 2.55. The predicted octanol–water partition coefficient (Wildman–Crippen LogP) is 0.0527. The summed E-state index contributed by atoms with van der Waals surface area (Å²) in [7, 11) is 3.80. The first kappa shape index (κ1) is 13.2. The molecule has 7 heteroatoms. The van der Waals surface area contributed by atoms with Crippen molar-refractivity contribution in [2.24, 2.45) is 0 Å². The van der Waals surface area contributed by atoms with Crippen molar-refractivity contribution in [2.45, 2.75) is 13.0 Å². The molecule has 1 unspecified atom stereocenters. The van der Waals surface area contributed by atoms with Crippen LogP contribution in [-0.4, -0.2) is 53.7 Å². The summed E-state index contributed by atoms with van der Waals surface area (Å²) in [6.07, 6.45) is 0. The van der Waals surface area contributed by atoms with Crippen LogP contribution >= 0.6 is 0 Å². The number of carboxylic acid groups (broad SMARTS) is 1. The molecule has 0 saturated heterocycles. The number of carbonyl (C=O) groups excluding carboxylic acids is 1. The van der Waals surface area contributed by atoms with Gasteiger partial charge < -0.3 is 19.8 Å². The van der Waals surface area contributed by atoms with Crippen molar-refractivity contribution in [3.05, 3.63) is 17.5 Å². The maximum absolute atomic E-state index is 11.6. The van der Waals surface area contributed by atoms with E-state index in [1.54, 1.807) is 0 Å². The van der Waals surface area contributed by atoms with Gasteiger partial charge in [-0.25, -0.2) is 4.79 Å². The summed E-state index contributed by atoms with van der Waals surface area (Å²) < 4.78 is 4.48. The lowest BCUT2D eigenvalue weighted by molar-refractivity contribution is 0.0651. The third-order valence-corrected chi connectivity index (χ3v) is 2.39. The van der Waals surface area contributed by atoms with Gasteiger partial charge in [0, 0.05) is 18.7 Å². The standard InChI is InChI=1S/C10H15N3O4/c1-6(13(2)3)5-11-9(14)7-4-8(10(15)16)17-12-7/h4,6H,5H2,1-3H3,(H,11,14)(H,15,16). The van der Waals surface area contributed by atoms with Crippen molar-refractivity contribution >= 4 is 11.9 Å². The summed E-state index contributed by atoms with van der Waals surface area (Å²) in [5, 5.41) is 14.6. The Labute approximate surface area is 98.4 Å². The largest absolute Gasteiger partial charge is 0.475 e. The zero-order valence-electron chi connectivity index (χ0n) is 9.93. The molecule has 94 valence electrons. The quantitative estimate of drug-likeness (QED) is 0.756. The molecule has 0 spiro atoms. The van der Waals surface area contributed by atoms with Gasteiger partial charge in [0.25, 0.3) is 5.91 Å². The molecule has 1 aromatic heterocycles. The molecular weight excluding hydrogens is 226 g/mol. The highest BCUT2D eigenvalue weighted by Crippen LogP contribution is 2.03. The minimum Gasteiger partial charge on any atom is -0.475 e. The summed E-state index contributed by atoms with van der Waals surface area (Å²) in [6, 6.07) is 1.27.